The van der Waals surface area contributed by atoms with Gasteiger partial charge in [-0.05, 0) is 6.07 Å². The number of carbonyl (C=O) groups excluding carboxylic acids is 1. The van der Waals surface area contributed by atoms with E-state index in [1.165, 1.54) is 18.2 Å². The predicted octanol–water partition coefficient (Wildman–Crippen LogP) is 3.14. The average molecular weight is 303 g/mol. The summed E-state index contributed by atoms with van der Waals surface area (Å²) in [5, 5.41) is 8.65. The molecule has 0 aliphatic carbocycles. The van der Waals surface area contributed by atoms with Crippen molar-refractivity contribution < 1.29 is 9.90 Å². The van der Waals surface area contributed by atoms with Gasteiger partial charge in [0.25, 0.3) is 5.91 Å². The molecule has 0 spiro atoms. The zero-order valence-electron chi connectivity index (χ0n) is 7.75. The Bertz CT molecular complexity index is 416. The van der Waals surface area contributed by atoms with E-state index < -0.39 is 15.1 Å². The second-order valence-corrected chi connectivity index (χ2v) is 5.82. The summed E-state index contributed by atoms with van der Waals surface area (Å²) in [5.41, 5.74) is 5.12. The average Bonchev–Trinajstić information content (AvgIpc) is 2.15. The first-order valence-corrected chi connectivity index (χ1v) is 5.64. The maximum absolute atomic E-state index is 11.0. The molecule has 3 nitrogen and oxygen atoms in total. The summed E-state index contributed by atoms with van der Waals surface area (Å²) in [7, 11) is 0. The fourth-order valence-electron chi connectivity index (χ4n) is 1.14. The number of halogens is 4. The Morgan fingerprint density at radius 3 is 2.38 bits per heavy atom. The quantitative estimate of drug-likeness (QED) is 0.824. The molecule has 1 amide bonds. The number of nitrogens with two attached hydrogens (primary N) is 1. The summed E-state index contributed by atoms with van der Waals surface area (Å²) in [6.07, 6.45) is 0. The van der Waals surface area contributed by atoms with Gasteiger partial charge in [0, 0.05) is 5.56 Å². The zero-order chi connectivity index (χ0) is 12.5. The number of rotatable bonds is 2. The topological polar surface area (TPSA) is 63.3 Å². The largest absolute Gasteiger partial charge is 0.507 e. The van der Waals surface area contributed by atoms with Gasteiger partial charge < -0.3 is 10.8 Å². The molecule has 3 N–H and O–H groups in total. The van der Waals surface area contributed by atoms with Gasteiger partial charge in [0.1, 0.15) is 11.1 Å². The normalized spacial score (nSPS) is 13.5. The molecule has 0 aliphatic rings. The van der Waals surface area contributed by atoms with Crippen LogP contribution >= 0.6 is 46.4 Å². The number of hydrogen-bond acceptors (Lipinski definition) is 2. The van der Waals surface area contributed by atoms with E-state index in [4.69, 9.17) is 52.1 Å². The smallest absolute Gasteiger partial charge is 0.252 e. The van der Waals surface area contributed by atoms with Crippen molar-refractivity contribution in [3.8, 4) is 5.75 Å². The van der Waals surface area contributed by atoms with Crippen molar-refractivity contribution >= 4 is 52.3 Å². The van der Waals surface area contributed by atoms with Crippen LogP contribution in [0.1, 0.15) is 21.3 Å². The van der Waals surface area contributed by atoms with E-state index in [9.17, 15) is 9.90 Å². The van der Waals surface area contributed by atoms with Crippen molar-refractivity contribution in [1.29, 1.82) is 0 Å². The summed E-state index contributed by atoms with van der Waals surface area (Å²) in [6, 6.07) is 4.28. The van der Waals surface area contributed by atoms with Crippen LogP contribution < -0.4 is 5.73 Å². The molecule has 1 atom stereocenters. The summed E-state index contributed by atoms with van der Waals surface area (Å²) >= 11 is 22.6. The van der Waals surface area contributed by atoms with E-state index >= 15 is 0 Å². The minimum absolute atomic E-state index is 0.0719. The third kappa shape index (κ3) is 2.86. The summed E-state index contributed by atoms with van der Waals surface area (Å²) in [5.74, 6) is -1.16. The van der Waals surface area contributed by atoms with Crippen molar-refractivity contribution in [3.63, 3.8) is 0 Å². The second-order valence-electron chi connectivity index (χ2n) is 3.01. The van der Waals surface area contributed by atoms with Crippen LogP contribution in [0, 0.1) is 0 Å². The van der Waals surface area contributed by atoms with Crippen LogP contribution in [0.4, 0.5) is 0 Å². The maximum Gasteiger partial charge on any atom is 0.252 e. The Kier molecular flexibility index (Phi) is 4.18. The molecule has 0 radical (unpaired) electrons. The van der Waals surface area contributed by atoms with Gasteiger partial charge in [-0.15, -0.1) is 11.6 Å². The molecule has 0 fully saturated rings. The van der Waals surface area contributed by atoms with Gasteiger partial charge in [-0.2, -0.15) is 0 Å². The third-order valence-electron chi connectivity index (χ3n) is 1.89. The van der Waals surface area contributed by atoms with Gasteiger partial charge >= 0.3 is 0 Å². The fourth-order valence-corrected chi connectivity index (χ4v) is 1.67. The Labute approximate surface area is 112 Å². The standard InChI is InChI=1S/C9H7Cl4NO2/c10-7(9(11,12)13)4-2-1-3-5(6(4)15)8(14)16/h1-3,7,15H,(H2,14,16). The van der Waals surface area contributed by atoms with E-state index in [0.29, 0.717) is 0 Å². The molecule has 0 heterocycles. The number of alkyl halides is 4. The Hall–Kier alpha value is -0.350. The molecule has 0 aromatic heterocycles. The Morgan fingerprint density at radius 2 is 1.94 bits per heavy atom. The molecule has 7 heteroatoms. The lowest BCUT2D eigenvalue weighted by molar-refractivity contribution is 0.0997. The minimum Gasteiger partial charge on any atom is -0.507 e. The van der Waals surface area contributed by atoms with E-state index in [-0.39, 0.29) is 16.9 Å². The number of benzene rings is 1. The van der Waals surface area contributed by atoms with Crippen LogP contribution in [0.2, 0.25) is 0 Å². The number of amides is 1. The molecular weight excluding hydrogens is 296 g/mol. The molecule has 1 aromatic rings. The van der Waals surface area contributed by atoms with Crippen LogP contribution in [0.15, 0.2) is 18.2 Å². The van der Waals surface area contributed by atoms with E-state index in [1.54, 1.807) is 0 Å². The zero-order valence-corrected chi connectivity index (χ0v) is 10.8. The Balaban J connectivity index is 3.26. The van der Waals surface area contributed by atoms with E-state index in [1.807, 2.05) is 0 Å². The number of para-hydroxylation sites is 1. The molecule has 0 saturated heterocycles. The highest BCUT2D eigenvalue weighted by molar-refractivity contribution is 6.70. The molecule has 1 rings (SSSR count). The first kappa shape index (κ1) is 13.7. The molecule has 0 saturated carbocycles. The fraction of sp³-hybridized carbons (Fsp3) is 0.222. The molecular formula is C9H7Cl4NO2. The highest BCUT2D eigenvalue weighted by Crippen LogP contribution is 2.47. The molecule has 0 bridgehead atoms. The molecule has 0 aliphatic heterocycles. The highest BCUT2D eigenvalue weighted by atomic mass is 35.6. The van der Waals surface area contributed by atoms with Crippen LogP contribution in [-0.4, -0.2) is 14.8 Å². The Morgan fingerprint density at radius 1 is 1.38 bits per heavy atom. The van der Waals surface area contributed by atoms with Gasteiger partial charge in [0.2, 0.25) is 3.79 Å². The second kappa shape index (κ2) is 4.88. The first-order chi connectivity index (χ1) is 7.25. The predicted molar refractivity (Wildman–Crippen MR) is 65.5 cm³/mol. The molecule has 1 aromatic carbocycles. The van der Waals surface area contributed by atoms with Crippen LogP contribution in [0.5, 0.6) is 5.75 Å². The summed E-state index contributed by atoms with van der Waals surface area (Å²) < 4.78 is -1.80. The van der Waals surface area contributed by atoms with E-state index in [2.05, 4.69) is 0 Å². The first-order valence-electron chi connectivity index (χ1n) is 4.07. The minimum atomic E-state index is -1.80. The number of phenols is 1. The summed E-state index contributed by atoms with van der Waals surface area (Å²) in [6.45, 7) is 0. The van der Waals surface area contributed by atoms with Crippen LogP contribution in [0.3, 0.4) is 0 Å². The van der Waals surface area contributed by atoms with Gasteiger partial charge in [-0.1, -0.05) is 46.9 Å². The van der Waals surface area contributed by atoms with Gasteiger partial charge in [-0.3, -0.25) is 4.79 Å². The lowest BCUT2D eigenvalue weighted by Crippen LogP contribution is -2.15. The van der Waals surface area contributed by atoms with E-state index in [0.717, 1.165) is 0 Å². The number of hydrogen-bond donors (Lipinski definition) is 2. The van der Waals surface area contributed by atoms with Crippen molar-refractivity contribution in [1.82, 2.24) is 0 Å². The number of aromatic hydroxyl groups is 1. The lowest BCUT2D eigenvalue weighted by atomic mass is 10.1. The third-order valence-corrected chi connectivity index (χ3v) is 3.45. The van der Waals surface area contributed by atoms with Crippen molar-refractivity contribution in [2.45, 2.75) is 9.17 Å². The SMILES string of the molecule is NC(=O)c1cccc(C(Cl)C(Cl)(Cl)Cl)c1O. The molecule has 16 heavy (non-hydrogen) atoms. The monoisotopic (exact) mass is 301 g/mol. The maximum atomic E-state index is 11.0. The molecule has 1 unspecified atom stereocenters. The van der Waals surface area contributed by atoms with Crippen LogP contribution in [0.25, 0.3) is 0 Å². The highest BCUT2D eigenvalue weighted by Gasteiger charge is 2.34. The van der Waals surface area contributed by atoms with Gasteiger partial charge in [0.05, 0.1) is 5.56 Å². The number of carbonyl (C=O) groups is 1. The van der Waals surface area contributed by atoms with Crippen molar-refractivity contribution in [2.24, 2.45) is 5.73 Å². The van der Waals surface area contributed by atoms with Gasteiger partial charge in [0.15, 0.2) is 0 Å². The van der Waals surface area contributed by atoms with Crippen molar-refractivity contribution in [2.75, 3.05) is 0 Å². The lowest BCUT2D eigenvalue weighted by Gasteiger charge is -2.19. The van der Waals surface area contributed by atoms with Crippen molar-refractivity contribution in [3.05, 3.63) is 29.3 Å². The molecule has 88 valence electrons. The van der Waals surface area contributed by atoms with Crippen LogP contribution in [-0.2, 0) is 0 Å². The summed E-state index contributed by atoms with van der Waals surface area (Å²) in [4.78, 5) is 11.0. The van der Waals surface area contributed by atoms with Gasteiger partial charge in [-0.25, -0.2) is 0 Å². The number of primary amides is 1.